The van der Waals surface area contributed by atoms with Gasteiger partial charge in [0, 0.05) is 4.90 Å². The minimum atomic E-state index is -0.783. The molecular formula is C15H12N2O2S2. The summed E-state index contributed by atoms with van der Waals surface area (Å²) in [6.45, 7) is 0.123. The summed E-state index contributed by atoms with van der Waals surface area (Å²) in [6, 6.07) is 14.6. The molecule has 0 radical (unpaired) electrons. The number of amides is 1. The van der Waals surface area contributed by atoms with E-state index < -0.39 is 6.09 Å². The second-order valence-electron chi connectivity index (χ2n) is 4.29. The normalized spacial score (nSPS) is 10.7. The molecule has 0 aliphatic carbocycles. The van der Waals surface area contributed by atoms with Crippen LogP contribution in [0.4, 0.5) is 4.79 Å². The molecule has 0 atom stereocenters. The van der Waals surface area contributed by atoms with Crippen molar-refractivity contribution in [3.63, 3.8) is 0 Å². The summed E-state index contributed by atoms with van der Waals surface area (Å²) in [5.41, 5.74) is 4.93. The SMILES string of the molecule is NC(=O)OCc1ncc(Sc2ccc3ccccc3c2)s1. The van der Waals surface area contributed by atoms with E-state index in [1.54, 1.807) is 18.0 Å². The molecule has 6 heteroatoms. The molecule has 0 aliphatic heterocycles. The van der Waals surface area contributed by atoms with E-state index >= 15 is 0 Å². The van der Waals surface area contributed by atoms with E-state index in [4.69, 9.17) is 10.5 Å². The molecule has 0 saturated carbocycles. The number of aromatic nitrogens is 1. The Hall–Kier alpha value is -2.05. The molecule has 2 aromatic carbocycles. The van der Waals surface area contributed by atoms with Gasteiger partial charge >= 0.3 is 6.09 Å². The van der Waals surface area contributed by atoms with Crippen LogP contribution in [0.1, 0.15) is 5.01 Å². The first-order chi connectivity index (χ1) is 10.2. The fourth-order valence-electron chi connectivity index (χ4n) is 1.89. The molecule has 0 spiro atoms. The molecule has 3 aromatic rings. The van der Waals surface area contributed by atoms with Crippen LogP contribution in [0.2, 0.25) is 0 Å². The lowest BCUT2D eigenvalue weighted by Crippen LogP contribution is -2.12. The Kier molecular flexibility index (Phi) is 4.08. The summed E-state index contributed by atoms with van der Waals surface area (Å²) in [4.78, 5) is 15.9. The van der Waals surface area contributed by atoms with Gasteiger partial charge in [-0.2, -0.15) is 0 Å². The van der Waals surface area contributed by atoms with Gasteiger partial charge in [-0.25, -0.2) is 9.78 Å². The number of rotatable bonds is 4. The number of hydrogen-bond acceptors (Lipinski definition) is 5. The van der Waals surface area contributed by atoms with Gasteiger partial charge in [-0.3, -0.25) is 0 Å². The molecule has 0 saturated heterocycles. The summed E-state index contributed by atoms with van der Waals surface area (Å²) < 4.78 is 5.78. The lowest BCUT2D eigenvalue weighted by molar-refractivity contribution is 0.150. The quantitative estimate of drug-likeness (QED) is 0.789. The van der Waals surface area contributed by atoms with E-state index in [2.05, 4.69) is 35.3 Å². The predicted octanol–water partition coefficient (Wildman–Crippen LogP) is 4.04. The molecule has 0 unspecified atom stereocenters. The fraction of sp³-hybridized carbons (Fsp3) is 0.0667. The largest absolute Gasteiger partial charge is 0.442 e. The number of nitrogens with two attached hydrogens (primary N) is 1. The van der Waals surface area contributed by atoms with Crippen molar-refractivity contribution in [3.8, 4) is 0 Å². The summed E-state index contributed by atoms with van der Waals surface area (Å²) in [7, 11) is 0. The molecule has 0 bridgehead atoms. The minimum absolute atomic E-state index is 0.123. The van der Waals surface area contributed by atoms with Crippen LogP contribution in [0.25, 0.3) is 10.8 Å². The highest BCUT2D eigenvalue weighted by molar-refractivity contribution is 8.01. The Bertz CT molecular complexity index is 786. The van der Waals surface area contributed by atoms with Crippen LogP contribution in [-0.4, -0.2) is 11.1 Å². The van der Waals surface area contributed by atoms with Crippen LogP contribution in [-0.2, 0) is 11.3 Å². The highest BCUT2D eigenvalue weighted by Gasteiger charge is 2.06. The number of carbonyl (C=O) groups is 1. The van der Waals surface area contributed by atoms with Crippen molar-refractivity contribution < 1.29 is 9.53 Å². The topological polar surface area (TPSA) is 65.2 Å². The van der Waals surface area contributed by atoms with Gasteiger partial charge in [-0.1, -0.05) is 42.1 Å². The molecule has 1 aromatic heterocycles. The number of hydrogen-bond donors (Lipinski definition) is 1. The molecule has 0 aliphatic rings. The molecule has 21 heavy (non-hydrogen) atoms. The predicted molar refractivity (Wildman–Crippen MR) is 84.6 cm³/mol. The van der Waals surface area contributed by atoms with Crippen LogP contribution >= 0.6 is 23.1 Å². The van der Waals surface area contributed by atoms with E-state index in [-0.39, 0.29) is 6.61 Å². The monoisotopic (exact) mass is 316 g/mol. The highest BCUT2D eigenvalue weighted by atomic mass is 32.2. The molecule has 2 N–H and O–H groups in total. The smallest absolute Gasteiger partial charge is 0.404 e. The van der Waals surface area contributed by atoms with Gasteiger partial charge in [0.15, 0.2) is 0 Å². The molecule has 1 heterocycles. The van der Waals surface area contributed by atoms with Crippen molar-refractivity contribution in [1.29, 1.82) is 0 Å². The number of ether oxygens (including phenoxy) is 1. The van der Waals surface area contributed by atoms with Gasteiger partial charge in [-0.15, -0.1) is 11.3 Å². The zero-order valence-corrected chi connectivity index (χ0v) is 12.6. The van der Waals surface area contributed by atoms with Crippen molar-refractivity contribution in [2.75, 3.05) is 0 Å². The molecule has 0 fully saturated rings. The third-order valence-electron chi connectivity index (χ3n) is 2.81. The maximum Gasteiger partial charge on any atom is 0.404 e. The standard InChI is InChI=1S/C15H12N2O2S2/c16-15(18)19-9-13-17-8-14(21-13)20-12-6-5-10-3-1-2-4-11(10)7-12/h1-8H,9H2,(H2,16,18). The molecular weight excluding hydrogens is 304 g/mol. The number of benzene rings is 2. The van der Waals surface area contributed by atoms with Crippen molar-refractivity contribution >= 4 is 40.0 Å². The Morgan fingerprint density at radius 3 is 2.86 bits per heavy atom. The average molecular weight is 316 g/mol. The fourth-order valence-corrected chi connectivity index (χ4v) is 3.85. The summed E-state index contributed by atoms with van der Waals surface area (Å²) >= 11 is 3.14. The molecule has 4 nitrogen and oxygen atoms in total. The van der Waals surface area contributed by atoms with Crippen LogP contribution in [0.15, 0.2) is 57.8 Å². The second-order valence-corrected chi connectivity index (χ2v) is 6.78. The average Bonchev–Trinajstić information content (AvgIpc) is 2.92. The Morgan fingerprint density at radius 1 is 1.24 bits per heavy atom. The van der Waals surface area contributed by atoms with Crippen LogP contribution in [0, 0.1) is 0 Å². The first kappa shape index (κ1) is 13.9. The van der Waals surface area contributed by atoms with Crippen LogP contribution in [0.3, 0.4) is 0 Å². The van der Waals surface area contributed by atoms with Crippen molar-refractivity contribution in [1.82, 2.24) is 4.98 Å². The van der Waals surface area contributed by atoms with Gasteiger partial charge in [0.05, 0.1) is 10.4 Å². The minimum Gasteiger partial charge on any atom is -0.442 e. The van der Waals surface area contributed by atoms with Gasteiger partial charge < -0.3 is 10.5 Å². The van der Waals surface area contributed by atoms with E-state index in [0.29, 0.717) is 0 Å². The third kappa shape index (κ3) is 3.53. The lowest BCUT2D eigenvalue weighted by Gasteiger charge is -2.01. The Labute approximate surface area is 129 Å². The van der Waals surface area contributed by atoms with E-state index in [0.717, 1.165) is 14.1 Å². The first-order valence-electron chi connectivity index (χ1n) is 6.24. The van der Waals surface area contributed by atoms with Gasteiger partial charge in [0.25, 0.3) is 0 Å². The molecule has 1 amide bonds. The zero-order chi connectivity index (χ0) is 14.7. The number of carbonyl (C=O) groups excluding carboxylic acids is 1. The van der Waals surface area contributed by atoms with Crippen molar-refractivity contribution in [3.05, 3.63) is 53.7 Å². The van der Waals surface area contributed by atoms with Gasteiger partial charge in [0.1, 0.15) is 11.6 Å². The van der Waals surface area contributed by atoms with E-state index in [1.165, 1.54) is 22.1 Å². The lowest BCUT2D eigenvalue weighted by atomic mass is 10.1. The first-order valence-corrected chi connectivity index (χ1v) is 7.87. The van der Waals surface area contributed by atoms with Gasteiger partial charge in [0.2, 0.25) is 0 Å². The second kappa shape index (κ2) is 6.15. The summed E-state index contributed by atoms with van der Waals surface area (Å²) in [6.07, 6.45) is 0.999. The number of primary amides is 1. The zero-order valence-electron chi connectivity index (χ0n) is 11.0. The Balaban J connectivity index is 1.74. The van der Waals surface area contributed by atoms with Crippen LogP contribution < -0.4 is 5.73 Å². The molecule has 3 rings (SSSR count). The van der Waals surface area contributed by atoms with Crippen molar-refractivity contribution in [2.45, 2.75) is 15.7 Å². The summed E-state index contributed by atoms with van der Waals surface area (Å²) in [5, 5.41) is 3.17. The number of thiazole rings is 1. The van der Waals surface area contributed by atoms with Gasteiger partial charge in [-0.05, 0) is 22.9 Å². The number of fused-ring (bicyclic) bond motifs is 1. The molecule has 106 valence electrons. The van der Waals surface area contributed by atoms with E-state index in [1.807, 2.05) is 12.1 Å². The van der Waals surface area contributed by atoms with E-state index in [9.17, 15) is 4.79 Å². The highest BCUT2D eigenvalue weighted by Crippen LogP contribution is 2.33. The Morgan fingerprint density at radius 2 is 2.05 bits per heavy atom. The van der Waals surface area contributed by atoms with Crippen LogP contribution in [0.5, 0.6) is 0 Å². The third-order valence-corrected chi connectivity index (χ3v) is 4.87. The maximum atomic E-state index is 10.6. The number of nitrogens with zero attached hydrogens (tertiary/aromatic N) is 1. The summed E-state index contributed by atoms with van der Waals surface area (Å²) in [5.74, 6) is 0. The van der Waals surface area contributed by atoms with Crippen molar-refractivity contribution in [2.24, 2.45) is 5.73 Å². The maximum absolute atomic E-state index is 10.6.